The average molecular weight is 255 g/mol. The number of aliphatic carboxylic acids is 1. The van der Waals surface area contributed by atoms with Gasteiger partial charge >= 0.3 is 5.97 Å². The Balaban J connectivity index is 2.61. The van der Waals surface area contributed by atoms with E-state index in [1.54, 1.807) is 13.0 Å². The molecule has 0 aliphatic heterocycles. The number of ether oxygens (including phenoxy) is 1. The molecule has 1 rings (SSSR count). The largest absolute Gasteiger partial charge is 0.491 e. The van der Waals surface area contributed by atoms with E-state index in [4.69, 9.17) is 9.84 Å². The van der Waals surface area contributed by atoms with Crippen molar-refractivity contribution in [2.24, 2.45) is 0 Å². The summed E-state index contributed by atoms with van der Waals surface area (Å²) >= 11 is 0. The first kappa shape index (κ1) is 14.4. The van der Waals surface area contributed by atoms with Crippen molar-refractivity contribution in [1.29, 1.82) is 0 Å². The highest BCUT2D eigenvalue weighted by molar-refractivity contribution is 5.73. The molecule has 0 heterocycles. The zero-order valence-corrected chi connectivity index (χ0v) is 10.7. The van der Waals surface area contributed by atoms with Crippen molar-refractivity contribution < 1.29 is 19.0 Å². The van der Waals surface area contributed by atoms with Crippen LogP contribution in [0.3, 0.4) is 0 Å². The summed E-state index contributed by atoms with van der Waals surface area (Å²) in [5, 5.41) is 11.9. The van der Waals surface area contributed by atoms with Gasteiger partial charge in [-0.3, -0.25) is 10.1 Å². The second-order valence-electron chi connectivity index (χ2n) is 4.43. The van der Waals surface area contributed by atoms with Gasteiger partial charge in [-0.25, -0.2) is 4.39 Å². The lowest BCUT2D eigenvalue weighted by Crippen LogP contribution is -2.44. The molecule has 0 aliphatic rings. The molecule has 0 amide bonds. The van der Waals surface area contributed by atoms with E-state index in [-0.39, 0.29) is 18.5 Å². The molecule has 4 nitrogen and oxygen atoms in total. The fourth-order valence-corrected chi connectivity index (χ4v) is 1.48. The third-order valence-electron chi connectivity index (χ3n) is 2.38. The Morgan fingerprint density at radius 3 is 2.67 bits per heavy atom. The van der Waals surface area contributed by atoms with Crippen molar-refractivity contribution in [2.75, 3.05) is 6.61 Å². The zero-order valence-electron chi connectivity index (χ0n) is 10.7. The van der Waals surface area contributed by atoms with Crippen LogP contribution in [0.4, 0.5) is 4.39 Å². The fourth-order valence-electron chi connectivity index (χ4n) is 1.48. The molecule has 0 radical (unpaired) electrons. The lowest BCUT2D eigenvalue weighted by Gasteiger charge is -2.18. The van der Waals surface area contributed by atoms with Gasteiger partial charge in [-0.15, -0.1) is 0 Å². The molecule has 0 aliphatic carbocycles. The van der Waals surface area contributed by atoms with Gasteiger partial charge in [-0.05, 0) is 30.7 Å². The molecule has 0 bridgehead atoms. The third kappa shape index (κ3) is 4.33. The molecule has 5 heteroatoms. The number of carboxylic acids is 1. The van der Waals surface area contributed by atoms with E-state index in [1.807, 2.05) is 13.8 Å². The zero-order chi connectivity index (χ0) is 13.7. The van der Waals surface area contributed by atoms with E-state index in [1.165, 1.54) is 12.1 Å². The second-order valence-corrected chi connectivity index (χ2v) is 4.43. The topological polar surface area (TPSA) is 58.6 Å². The minimum atomic E-state index is -0.970. The normalized spacial score (nSPS) is 12.5. The summed E-state index contributed by atoms with van der Waals surface area (Å²) in [6.07, 6.45) is 0. The van der Waals surface area contributed by atoms with Gasteiger partial charge in [0.1, 0.15) is 24.2 Å². The number of rotatable bonds is 6. The van der Waals surface area contributed by atoms with Crippen LogP contribution in [-0.4, -0.2) is 29.8 Å². The van der Waals surface area contributed by atoms with Crippen molar-refractivity contribution in [1.82, 2.24) is 5.32 Å². The smallest absolute Gasteiger partial charge is 0.324 e. The SMILES string of the molecule is Cc1cc(OCC(NC(C)C)C(=O)O)ccc1F. The maximum atomic E-state index is 13.0. The fraction of sp³-hybridized carbons (Fsp3) is 0.462. The van der Waals surface area contributed by atoms with Crippen LogP contribution in [0.25, 0.3) is 0 Å². The Morgan fingerprint density at radius 2 is 2.17 bits per heavy atom. The van der Waals surface area contributed by atoms with Gasteiger partial charge in [0.05, 0.1) is 0 Å². The summed E-state index contributed by atoms with van der Waals surface area (Å²) < 4.78 is 18.4. The van der Waals surface area contributed by atoms with Crippen LogP contribution >= 0.6 is 0 Å². The minimum absolute atomic E-state index is 0.00140. The Bertz CT molecular complexity index is 421. The molecule has 100 valence electrons. The number of hydrogen-bond acceptors (Lipinski definition) is 3. The van der Waals surface area contributed by atoms with Crippen molar-refractivity contribution in [3.05, 3.63) is 29.6 Å². The van der Waals surface area contributed by atoms with Crippen LogP contribution in [-0.2, 0) is 4.79 Å². The van der Waals surface area contributed by atoms with Crippen LogP contribution in [0.1, 0.15) is 19.4 Å². The molecular weight excluding hydrogens is 237 g/mol. The van der Waals surface area contributed by atoms with E-state index in [0.717, 1.165) is 0 Å². The van der Waals surface area contributed by atoms with Gasteiger partial charge in [0.15, 0.2) is 0 Å². The lowest BCUT2D eigenvalue weighted by atomic mass is 10.2. The Kier molecular flexibility index (Phi) is 5.09. The number of hydrogen-bond donors (Lipinski definition) is 2. The summed E-state index contributed by atoms with van der Waals surface area (Å²) in [5.41, 5.74) is 0.469. The average Bonchev–Trinajstić information content (AvgIpc) is 2.28. The molecule has 1 unspecified atom stereocenters. The second kappa shape index (κ2) is 6.35. The van der Waals surface area contributed by atoms with Crippen molar-refractivity contribution in [3.8, 4) is 5.75 Å². The van der Waals surface area contributed by atoms with Crippen LogP contribution < -0.4 is 10.1 Å². The van der Waals surface area contributed by atoms with E-state index >= 15 is 0 Å². The Morgan fingerprint density at radius 1 is 1.50 bits per heavy atom. The van der Waals surface area contributed by atoms with E-state index in [2.05, 4.69) is 5.32 Å². The maximum Gasteiger partial charge on any atom is 0.324 e. The number of carboxylic acid groups (broad SMARTS) is 1. The van der Waals surface area contributed by atoms with Crippen LogP contribution in [0.5, 0.6) is 5.75 Å². The van der Waals surface area contributed by atoms with Crippen LogP contribution in [0.15, 0.2) is 18.2 Å². The number of halogens is 1. The van der Waals surface area contributed by atoms with E-state index in [0.29, 0.717) is 11.3 Å². The summed E-state index contributed by atoms with van der Waals surface area (Å²) in [5.74, 6) is -0.814. The van der Waals surface area contributed by atoms with Gasteiger partial charge in [0, 0.05) is 6.04 Å². The highest BCUT2D eigenvalue weighted by Crippen LogP contribution is 2.16. The van der Waals surface area contributed by atoms with Gasteiger partial charge in [0.25, 0.3) is 0 Å². The van der Waals surface area contributed by atoms with Crippen LogP contribution in [0, 0.1) is 12.7 Å². The molecule has 18 heavy (non-hydrogen) atoms. The quantitative estimate of drug-likeness (QED) is 0.816. The summed E-state index contributed by atoms with van der Waals surface area (Å²) in [6.45, 7) is 5.35. The number of aryl methyl sites for hydroxylation is 1. The molecule has 1 aromatic carbocycles. The molecular formula is C13H18FNO3. The Labute approximate surface area is 106 Å². The molecule has 0 saturated heterocycles. The van der Waals surface area contributed by atoms with Crippen LogP contribution in [0.2, 0.25) is 0 Å². The van der Waals surface area contributed by atoms with Gasteiger partial charge < -0.3 is 9.84 Å². The van der Waals surface area contributed by atoms with E-state index < -0.39 is 12.0 Å². The monoisotopic (exact) mass is 255 g/mol. The predicted octanol–water partition coefficient (Wildman–Crippen LogP) is 1.96. The molecule has 2 N–H and O–H groups in total. The highest BCUT2D eigenvalue weighted by atomic mass is 19.1. The molecule has 1 aromatic rings. The number of nitrogens with one attached hydrogen (secondary N) is 1. The van der Waals surface area contributed by atoms with Gasteiger partial charge in [-0.2, -0.15) is 0 Å². The van der Waals surface area contributed by atoms with Gasteiger partial charge in [0.2, 0.25) is 0 Å². The maximum absolute atomic E-state index is 13.0. The molecule has 1 atom stereocenters. The predicted molar refractivity (Wildman–Crippen MR) is 66.3 cm³/mol. The number of carbonyl (C=O) groups is 1. The van der Waals surface area contributed by atoms with Crippen molar-refractivity contribution in [2.45, 2.75) is 32.9 Å². The Hall–Kier alpha value is -1.62. The molecule has 0 aromatic heterocycles. The molecule has 0 fully saturated rings. The first-order valence-electron chi connectivity index (χ1n) is 5.78. The summed E-state index contributed by atoms with van der Waals surface area (Å²) in [6, 6.07) is 3.59. The summed E-state index contributed by atoms with van der Waals surface area (Å²) in [4.78, 5) is 11.0. The molecule has 0 spiro atoms. The first-order chi connectivity index (χ1) is 8.40. The van der Waals surface area contributed by atoms with Crippen molar-refractivity contribution >= 4 is 5.97 Å². The third-order valence-corrected chi connectivity index (χ3v) is 2.38. The number of benzene rings is 1. The van der Waals surface area contributed by atoms with Gasteiger partial charge in [-0.1, -0.05) is 13.8 Å². The lowest BCUT2D eigenvalue weighted by molar-refractivity contribution is -0.140. The standard InChI is InChI=1S/C13H18FNO3/c1-8(2)15-12(13(16)17)7-18-10-4-5-11(14)9(3)6-10/h4-6,8,12,15H,7H2,1-3H3,(H,16,17). The first-order valence-corrected chi connectivity index (χ1v) is 5.78. The highest BCUT2D eigenvalue weighted by Gasteiger charge is 2.18. The van der Waals surface area contributed by atoms with E-state index in [9.17, 15) is 9.18 Å². The molecule has 0 saturated carbocycles. The van der Waals surface area contributed by atoms with Crippen molar-refractivity contribution in [3.63, 3.8) is 0 Å². The minimum Gasteiger partial charge on any atom is -0.491 e. The summed E-state index contributed by atoms with van der Waals surface area (Å²) in [7, 11) is 0.